The van der Waals surface area contributed by atoms with E-state index in [0.717, 1.165) is 23.2 Å². The molecule has 0 bridgehead atoms. The van der Waals surface area contributed by atoms with Crippen LogP contribution in [0.1, 0.15) is 69.6 Å². The molecule has 1 aliphatic carbocycles. The van der Waals surface area contributed by atoms with Crippen molar-refractivity contribution in [2.24, 2.45) is 5.73 Å². The molecule has 6 heteroatoms. The van der Waals surface area contributed by atoms with Crippen molar-refractivity contribution in [2.75, 3.05) is 4.90 Å². The van der Waals surface area contributed by atoms with Gasteiger partial charge in [0.05, 0.1) is 16.8 Å². The van der Waals surface area contributed by atoms with Crippen LogP contribution in [0.5, 0.6) is 0 Å². The molecule has 3 aliphatic heterocycles. The highest BCUT2D eigenvalue weighted by Crippen LogP contribution is 2.60. The minimum Gasteiger partial charge on any atom is -0.444 e. The predicted octanol–water partition coefficient (Wildman–Crippen LogP) is 4.29. The number of fused-ring (bicyclic) bond motifs is 2. The molecule has 2 atom stereocenters. The Morgan fingerprint density at radius 3 is 2.66 bits per heavy atom. The normalized spacial score (nSPS) is 28.5. The topological polar surface area (TPSA) is 96.4 Å². The highest BCUT2D eigenvalue weighted by atomic mass is 16.5. The number of nitrogens with two attached hydrogens (primary N) is 1. The number of carbonyl (C=O) groups excluding carboxylic acids is 2. The van der Waals surface area contributed by atoms with Crippen LogP contribution in [0.2, 0.25) is 0 Å². The van der Waals surface area contributed by atoms with Crippen molar-refractivity contribution >= 4 is 23.0 Å². The molecule has 5 rings (SSSR count). The first-order chi connectivity index (χ1) is 15.2. The highest BCUT2D eigenvalue weighted by molar-refractivity contribution is 6.22. The van der Waals surface area contributed by atoms with Crippen LogP contribution in [0, 0.1) is 18.3 Å². The largest absolute Gasteiger partial charge is 0.444 e. The van der Waals surface area contributed by atoms with Gasteiger partial charge in [0.1, 0.15) is 22.8 Å². The number of amides is 1. The van der Waals surface area contributed by atoms with Gasteiger partial charge < -0.3 is 15.4 Å². The van der Waals surface area contributed by atoms with E-state index in [1.54, 1.807) is 0 Å². The molecule has 1 aromatic rings. The third-order valence-electron chi connectivity index (χ3n) is 7.55. The molecule has 2 N–H and O–H groups in total. The molecule has 0 saturated heterocycles. The summed E-state index contributed by atoms with van der Waals surface area (Å²) in [4.78, 5) is 29.7. The van der Waals surface area contributed by atoms with Crippen molar-refractivity contribution in [1.29, 1.82) is 5.26 Å². The van der Waals surface area contributed by atoms with Crippen LogP contribution >= 0.6 is 0 Å². The maximum absolute atomic E-state index is 14.6. The van der Waals surface area contributed by atoms with Crippen LogP contribution in [0.3, 0.4) is 0 Å². The Bertz CT molecular complexity index is 1250. The molecule has 4 aliphatic rings. The lowest BCUT2D eigenvalue weighted by molar-refractivity contribution is -0.125. The summed E-state index contributed by atoms with van der Waals surface area (Å²) in [6.45, 7) is 8.19. The number of nitrogens with zero attached hydrogens (tertiary/aromatic N) is 2. The van der Waals surface area contributed by atoms with Gasteiger partial charge in [0.2, 0.25) is 11.8 Å². The zero-order valence-corrected chi connectivity index (χ0v) is 19.0. The minimum atomic E-state index is -1.55. The van der Waals surface area contributed by atoms with E-state index < -0.39 is 11.0 Å². The number of hydrogen-bond donors (Lipinski definition) is 1. The van der Waals surface area contributed by atoms with E-state index in [1.807, 2.05) is 24.8 Å². The first-order valence-electron chi connectivity index (χ1n) is 11.3. The zero-order valence-electron chi connectivity index (χ0n) is 19.0. The first-order valence-corrected chi connectivity index (χ1v) is 11.3. The van der Waals surface area contributed by atoms with E-state index in [0.29, 0.717) is 42.6 Å². The monoisotopic (exact) mass is 429 g/mol. The van der Waals surface area contributed by atoms with Crippen LogP contribution in [0.25, 0.3) is 5.57 Å². The second-order valence-corrected chi connectivity index (χ2v) is 9.36. The fraction of sp³-hybridized carbons (Fsp3) is 0.423. The SMILES string of the molecule is CCC1=CC(C)(CC)N2C(=O)C3(C(C#N)=C(N)OC4=C3C(=O)CCC4)c3cc(C)cc1c32. The molecular weight excluding hydrogens is 402 g/mol. The molecule has 1 spiro atoms. The Labute approximate surface area is 188 Å². The predicted molar refractivity (Wildman–Crippen MR) is 121 cm³/mol. The summed E-state index contributed by atoms with van der Waals surface area (Å²) in [6.07, 6.45) is 5.18. The average Bonchev–Trinajstić information content (AvgIpc) is 3.01. The minimum absolute atomic E-state index is 0.0233. The highest BCUT2D eigenvalue weighted by Gasteiger charge is 2.65. The lowest BCUT2D eigenvalue weighted by atomic mass is 9.64. The Kier molecular flexibility index (Phi) is 4.23. The van der Waals surface area contributed by atoms with Crippen molar-refractivity contribution in [3.63, 3.8) is 0 Å². The second kappa shape index (κ2) is 6.59. The average molecular weight is 430 g/mol. The van der Waals surface area contributed by atoms with Gasteiger partial charge in [-0.25, -0.2) is 0 Å². The molecule has 32 heavy (non-hydrogen) atoms. The van der Waals surface area contributed by atoms with Gasteiger partial charge in [0.15, 0.2) is 5.78 Å². The molecule has 2 unspecified atom stereocenters. The van der Waals surface area contributed by atoms with Gasteiger partial charge in [-0.05, 0) is 44.7 Å². The van der Waals surface area contributed by atoms with Crippen molar-refractivity contribution in [2.45, 2.75) is 70.8 Å². The number of ether oxygens (including phenoxy) is 1. The van der Waals surface area contributed by atoms with Crippen molar-refractivity contribution in [3.8, 4) is 6.07 Å². The van der Waals surface area contributed by atoms with Crippen LogP contribution in [0.15, 0.2) is 41.0 Å². The van der Waals surface area contributed by atoms with Crippen molar-refractivity contribution in [1.82, 2.24) is 0 Å². The standard InChI is InChI=1S/C26H27N3O3/c1-5-15-12-25(4,6-2)29-22-16(15)10-14(3)11-17(22)26(24(29)31)18(13-27)23(28)32-20-9-7-8-19(30)21(20)26/h10-12H,5-9,28H2,1-4H3. The number of Topliss-reactive ketones (excluding diaryl/α,β-unsaturated/α-hetero) is 1. The Morgan fingerprint density at radius 1 is 1.25 bits per heavy atom. The Morgan fingerprint density at radius 2 is 2.00 bits per heavy atom. The molecule has 3 heterocycles. The van der Waals surface area contributed by atoms with Gasteiger partial charge in [-0.3, -0.25) is 9.59 Å². The summed E-state index contributed by atoms with van der Waals surface area (Å²) in [5, 5.41) is 10.2. The molecule has 0 saturated carbocycles. The second-order valence-electron chi connectivity index (χ2n) is 9.36. The number of benzene rings is 1. The van der Waals surface area contributed by atoms with Crippen molar-refractivity contribution < 1.29 is 14.3 Å². The number of aryl methyl sites for hydroxylation is 1. The number of allylic oxidation sites excluding steroid dienone is 2. The van der Waals surface area contributed by atoms with Gasteiger partial charge in [0, 0.05) is 24.0 Å². The van der Waals surface area contributed by atoms with E-state index in [1.165, 1.54) is 5.57 Å². The van der Waals surface area contributed by atoms with Gasteiger partial charge >= 0.3 is 0 Å². The Balaban J connectivity index is 1.97. The van der Waals surface area contributed by atoms with Crippen LogP contribution < -0.4 is 10.6 Å². The van der Waals surface area contributed by atoms with E-state index >= 15 is 0 Å². The van der Waals surface area contributed by atoms with E-state index in [-0.39, 0.29) is 23.1 Å². The lowest BCUT2D eigenvalue weighted by Crippen LogP contribution is -2.55. The number of ketones is 1. The van der Waals surface area contributed by atoms with Crippen LogP contribution in [-0.4, -0.2) is 17.2 Å². The molecule has 0 aromatic heterocycles. The van der Waals surface area contributed by atoms with Gasteiger partial charge in [-0.2, -0.15) is 5.26 Å². The van der Waals surface area contributed by atoms with Gasteiger partial charge in [-0.15, -0.1) is 0 Å². The summed E-state index contributed by atoms with van der Waals surface area (Å²) in [6, 6.07) is 6.21. The van der Waals surface area contributed by atoms with Crippen molar-refractivity contribution in [3.05, 3.63) is 57.7 Å². The molecule has 6 nitrogen and oxygen atoms in total. The van der Waals surface area contributed by atoms with Gasteiger partial charge in [0.25, 0.3) is 0 Å². The lowest BCUT2D eigenvalue weighted by Gasteiger charge is -2.43. The molecular formula is C26H27N3O3. The summed E-state index contributed by atoms with van der Waals surface area (Å²) < 4.78 is 5.79. The first kappa shape index (κ1) is 20.6. The van der Waals surface area contributed by atoms with E-state index in [9.17, 15) is 14.9 Å². The maximum atomic E-state index is 14.6. The third kappa shape index (κ3) is 2.24. The van der Waals surface area contributed by atoms with Crippen LogP contribution in [-0.2, 0) is 19.7 Å². The molecule has 1 aromatic carbocycles. The molecule has 0 radical (unpaired) electrons. The number of hydrogen-bond acceptors (Lipinski definition) is 5. The number of nitriles is 1. The summed E-state index contributed by atoms with van der Waals surface area (Å²) in [5.41, 5.74) is 9.08. The third-order valence-corrected chi connectivity index (χ3v) is 7.55. The quantitative estimate of drug-likeness (QED) is 0.757. The molecule has 1 amide bonds. The molecule has 0 fully saturated rings. The van der Waals surface area contributed by atoms with Crippen LogP contribution in [0.4, 0.5) is 5.69 Å². The molecule has 164 valence electrons. The van der Waals surface area contributed by atoms with E-state index in [4.69, 9.17) is 10.5 Å². The number of carbonyl (C=O) groups is 2. The fourth-order valence-corrected chi connectivity index (χ4v) is 5.94. The summed E-state index contributed by atoms with van der Waals surface area (Å²) in [7, 11) is 0. The summed E-state index contributed by atoms with van der Waals surface area (Å²) >= 11 is 0. The smallest absolute Gasteiger partial charge is 0.248 e. The summed E-state index contributed by atoms with van der Waals surface area (Å²) in [5.74, 6) is -0.0631. The fourth-order valence-electron chi connectivity index (χ4n) is 5.94. The van der Waals surface area contributed by atoms with Gasteiger partial charge in [-0.1, -0.05) is 31.6 Å². The number of rotatable bonds is 2. The van der Waals surface area contributed by atoms with E-state index in [2.05, 4.69) is 32.1 Å². The maximum Gasteiger partial charge on any atom is 0.248 e. The number of anilines is 1. The zero-order chi connectivity index (χ0) is 23.0. The Hall–Kier alpha value is -3.33.